The molecule has 0 nitrogen and oxygen atoms in total. The van der Waals surface area contributed by atoms with E-state index in [0.717, 1.165) is 5.92 Å². The maximum absolute atomic E-state index is 3.72. The van der Waals surface area contributed by atoms with Gasteiger partial charge in [0.1, 0.15) is 0 Å². The largest absolute Gasteiger partial charge is 0.133 e. The van der Waals surface area contributed by atoms with Crippen molar-refractivity contribution >= 4 is 43.2 Å². The van der Waals surface area contributed by atoms with Crippen molar-refractivity contribution in [2.45, 2.75) is 37.9 Å². The minimum atomic E-state index is 0.672. The second-order valence-electron chi connectivity index (χ2n) is 3.86. The number of rotatable bonds is 5. The van der Waals surface area contributed by atoms with E-state index in [0.29, 0.717) is 4.83 Å². The molecule has 3 heteroatoms. The molecule has 0 aliphatic carbocycles. The molecule has 1 aromatic rings. The normalized spacial score (nSPS) is 13.5. The topological polar surface area (TPSA) is 0 Å². The van der Waals surface area contributed by atoms with Crippen LogP contribution >= 0.6 is 43.2 Å². The molecular formula is C11H16Br2S. The van der Waals surface area contributed by atoms with Crippen LogP contribution in [-0.2, 0) is 6.42 Å². The van der Waals surface area contributed by atoms with Gasteiger partial charge in [-0.2, -0.15) is 0 Å². The fourth-order valence-corrected chi connectivity index (χ4v) is 3.14. The number of hydrogen-bond acceptors (Lipinski definition) is 1. The molecule has 0 radical (unpaired) electrons. The van der Waals surface area contributed by atoms with Gasteiger partial charge < -0.3 is 0 Å². The third kappa shape index (κ3) is 4.45. The van der Waals surface area contributed by atoms with Crippen LogP contribution in [0.1, 0.15) is 31.6 Å². The van der Waals surface area contributed by atoms with E-state index < -0.39 is 0 Å². The quantitative estimate of drug-likeness (QED) is 0.642. The number of thiophene rings is 1. The van der Waals surface area contributed by atoms with E-state index in [2.05, 4.69) is 57.8 Å². The lowest BCUT2D eigenvalue weighted by atomic mass is 10.0. The first-order valence-electron chi connectivity index (χ1n) is 4.98. The molecule has 1 atom stereocenters. The molecule has 0 aliphatic heterocycles. The Morgan fingerprint density at radius 1 is 1.36 bits per heavy atom. The molecule has 0 aromatic carbocycles. The number of alkyl halides is 1. The lowest BCUT2D eigenvalue weighted by Gasteiger charge is -2.12. The molecule has 0 fully saturated rings. The van der Waals surface area contributed by atoms with Crippen LogP contribution in [-0.4, -0.2) is 4.83 Å². The summed E-state index contributed by atoms with van der Waals surface area (Å²) in [5.74, 6) is 0.741. The zero-order valence-electron chi connectivity index (χ0n) is 8.59. The van der Waals surface area contributed by atoms with E-state index in [1.807, 2.05) is 11.3 Å². The van der Waals surface area contributed by atoms with Gasteiger partial charge in [0.15, 0.2) is 0 Å². The molecular weight excluding hydrogens is 324 g/mol. The minimum absolute atomic E-state index is 0.672. The van der Waals surface area contributed by atoms with E-state index in [4.69, 9.17) is 0 Å². The zero-order chi connectivity index (χ0) is 10.6. The lowest BCUT2D eigenvalue weighted by Crippen LogP contribution is -2.06. The van der Waals surface area contributed by atoms with Crippen molar-refractivity contribution in [2.24, 2.45) is 5.92 Å². The lowest BCUT2D eigenvalue weighted by molar-refractivity contribution is 0.564. The van der Waals surface area contributed by atoms with Crippen molar-refractivity contribution in [3.8, 4) is 0 Å². The number of aryl methyl sites for hydroxylation is 1. The van der Waals surface area contributed by atoms with E-state index >= 15 is 0 Å². The predicted molar refractivity (Wildman–Crippen MR) is 72.5 cm³/mol. The summed E-state index contributed by atoms with van der Waals surface area (Å²) in [5, 5.41) is 0. The predicted octanol–water partition coefficient (Wildman–Crippen LogP) is 5.25. The van der Waals surface area contributed by atoms with Crippen molar-refractivity contribution < 1.29 is 0 Å². The highest BCUT2D eigenvalue weighted by Crippen LogP contribution is 2.25. The Labute approximate surface area is 107 Å². The molecule has 0 saturated heterocycles. The summed E-state index contributed by atoms with van der Waals surface area (Å²) in [6.07, 6.45) is 3.76. The van der Waals surface area contributed by atoms with Crippen LogP contribution in [0.5, 0.6) is 0 Å². The van der Waals surface area contributed by atoms with Gasteiger partial charge >= 0.3 is 0 Å². The standard InChI is InChI=1S/C11H16Br2S/c1-8(2)10(12)5-3-4-9-6-7-11(13)14-9/h6-8,10H,3-5H2,1-2H3. The highest BCUT2D eigenvalue weighted by molar-refractivity contribution is 9.11. The first-order valence-corrected chi connectivity index (χ1v) is 7.50. The van der Waals surface area contributed by atoms with Crippen molar-refractivity contribution in [2.75, 3.05) is 0 Å². The van der Waals surface area contributed by atoms with Crippen LogP contribution in [0, 0.1) is 5.92 Å². The number of halogens is 2. The summed E-state index contributed by atoms with van der Waals surface area (Å²) in [5.41, 5.74) is 0. The van der Waals surface area contributed by atoms with Gasteiger partial charge in [0.25, 0.3) is 0 Å². The molecule has 1 aromatic heterocycles. The molecule has 1 rings (SSSR count). The Hall–Kier alpha value is 0.660. The summed E-state index contributed by atoms with van der Waals surface area (Å²) in [4.78, 5) is 2.16. The Kier molecular flexibility index (Phi) is 5.72. The summed E-state index contributed by atoms with van der Waals surface area (Å²) >= 11 is 9.05. The van der Waals surface area contributed by atoms with Crippen molar-refractivity contribution in [3.63, 3.8) is 0 Å². The number of hydrogen-bond donors (Lipinski definition) is 0. The summed E-state index contributed by atoms with van der Waals surface area (Å²) in [6.45, 7) is 4.53. The van der Waals surface area contributed by atoms with Gasteiger partial charge in [-0.15, -0.1) is 11.3 Å². The van der Waals surface area contributed by atoms with Gasteiger partial charge in [0.05, 0.1) is 3.79 Å². The summed E-state index contributed by atoms with van der Waals surface area (Å²) in [6, 6.07) is 4.35. The average Bonchev–Trinajstić information content (AvgIpc) is 2.51. The van der Waals surface area contributed by atoms with E-state index in [9.17, 15) is 0 Å². The summed E-state index contributed by atoms with van der Waals surface area (Å²) < 4.78 is 1.24. The Bertz CT molecular complexity index is 268. The second-order valence-corrected chi connectivity index (χ2v) is 7.58. The van der Waals surface area contributed by atoms with Gasteiger partial charge in [0, 0.05) is 9.70 Å². The minimum Gasteiger partial charge on any atom is -0.133 e. The van der Waals surface area contributed by atoms with Gasteiger partial charge in [-0.25, -0.2) is 0 Å². The first kappa shape index (κ1) is 12.7. The van der Waals surface area contributed by atoms with Crippen LogP contribution in [0.25, 0.3) is 0 Å². The highest BCUT2D eigenvalue weighted by atomic mass is 79.9. The Balaban J connectivity index is 2.22. The van der Waals surface area contributed by atoms with Crippen LogP contribution < -0.4 is 0 Å². The summed E-state index contributed by atoms with van der Waals surface area (Å²) in [7, 11) is 0. The van der Waals surface area contributed by atoms with Gasteiger partial charge in [-0.1, -0.05) is 29.8 Å². The van der Waals surface area contributed by atoms with E-state index in [1.54, 1.807) is 0 Å². The molecule has 0 N–H and O–H groups in total. The maximum Gasteiger partial charge on any atom is 0.0701 e. The van der Waals surface area contributed by atoms with Crippen molar-refractivity contribution in [1.82, 2.24) is 0 Å². The molecule has 1 heterocycles. The average molecular weight is 340 g/mol. The van der Waals surface area contributed by atoms with Gasteiger partial charge in [0.2, 0.25) is 0 Å². The molecule has 0 spiro atoms. The third-order valence-corrected chi connectivity index (χ3v) is 5.45. The van der Waals surface area contributed by atoms with E-state index in [1.165, 1.54) is 27.9 Å². The SMILES string of the molecule is CC(C)C(Br)CCCc1ccc(Br)s1. The molecule has 80 valence electrons. The first-order chi connectivity index (χ1) is 6.59. The molecule has 14 heavy (non-hydrogen) atoms. The zero-order valence-corrected chi connectivity index (χ0v) is 12.6. The highest BCUT2D eigenvalue weighted by Gasteiger charge is 2.08. The molecule has 0 amide bonds. The van der Waals surface area contributed by atoms with E-state index in [-0.39, 0.29) is 0 Å². The molecule has 1 unspecified atom stereocenters. The Morgan fingerprint density at radius 3 is 2.57 bits per heavy atom. The van der Waals surface area contributed by atoms with Gasteiger partial charge in [-0.05, 0) is 53.2 Å². The van der Waals surface area contributed by atoms with Crippen LogP contribution in [0.2, 0.25) is 0 Å². The third-order valence-electron chi connectivity index (χ3n) is 2.26. The van der Waals surface area contributed by atoms with Crippen molar-refractivity contribution in [3.05, 3.63) is 20.8 Å². The molecule has 0 bridgehead atoms. The van der Waals surface area contributed by atoms with Gasteiger partial charge in [-0.3, -0.25) is 0 Å². The van der Waals surface area contributed by atoms with Crippen molar-refractivity contribution in [1.29, 1.82) is 0 Å². The molecule has 0 saturated carbocycles. The molecule has 0 aliphatic rings. The fraction of sp³-hybridized carbons (Fsp3) is 0.636. The Morgan fingerprint density at radius 2 is 2.07 bits per heavy atom. The maximum atomic E-state index is 3.72. The monoisotopic (exact) mass is 338 g/mol. The second kappa shape index (κ2) is 6.29. The van der Waals surface area contributed by atoms with Crippen LogP contribution in [0.4, 0.5) is 0 Å². The fourth-order valence-electron chi connectivity index (χ4n) is 1.29. The smallest absolute Gasteiger partial charge is 0.0701 e. The van der Waals surface area contributed by atoms with Crippen LogP contribution in [0.3, 0.4) is 0 Å². The van der Waals surface area contributed by atoms with Crippen LogP contribution in [0.15, 0.2) is 15.9 Å².